The molecule has 0 bridgehead atoms. The van der Waals surface area contributed by atoms with E-state index in [0.717, 1.165) is 93.8 Å². The van der Waals surface area contributed by atoms with Crippen LogP contribution in [0.2, 0.25) is 0 Å². The number of nitrogens with zero attached hydrogens (tertiary/aromatic N) is 6. The normalized spacial score (nSPS) is 16.6. The topological polar surface area (TPSA) is 346 Å². The maximum atomic E-state index is 14.1. The lowest BCUT2D eigenvalue weighted by atomic mass is 9.98. The van der Waals surface area contributed by atoms with E-state index in [-0.39, 0.29) is 190 Å². The molecule has 8 heterocycles. The number of benzene rings is 10. The number of ketones is 4. The lowest BCUT2D eigenvalue weighted by molar-refractivity contribution is -0.127. The Morgan fingerprint density at radius 2 is 0.689 bits per heavy atom. The van der Waals surface area contributed by atoms with E-state index >= 15 is 0 Å². The van der Waals surface area contributed by atoms with E-state index < -0.39 is 23.6 Å². The van der Waals surface area contributed by atoms with Gasteiger partial charge < -0.3 is 59.5 Å². The van der Waals surface area contributed by atoms with E-state index in [1.807, 2.05) is 191 Å². The zero-order valence-electron chi connectivity index (χ0n) is 84.8. The van der Waals surface area contributed by atoms with E-state index in [2.05, 4.69) is 33.4 Å². The summed E-state index contributed by atoms with van der Waals surface area (Å²) in [5, 5.41) is 11.0. The van der Waals surface area contributed by atoms with Crippen molar-refractivity contribution in [3.8, 4) is 34.5 Å². The smallest absolute Gasteiger partial charge is 0.261 e. The quantitative estimate of drug-likeness (QED) is 0.0277. The third-order valence-corrected chi connectivity index (χ3v) is 35.1. The van der Waals surface area contributed by atoms with Gasteiger partial charge in [-0.25, -0.2) is 0 Å². The first-order chi connectivity index (χ1) is 71.1. The highest BCUT2D eigenvalue weighted by Crippen LogP contribution is 2.47. The van der Waals surface area contributed by atoms with Gasteiger partial charge in [-0.2, -0.15) is 0 Å². The molecule has 10 aromatic carbocycles. The SMILES string of the molecule is COc1cc2c(cc1OCc1cc(COc3cc4c(cc3C)C(=O)N3c5ccccc5C[C@H]3C=N4)cc(NC(=O)CCC(=O)CNC(=O)CCC(=O)CCC(C)(C)S(C)=S)c1)N=C[C@@H]1Cc3ccccc3N1C2=O.COc1cc2c(cc1OCc1cc(COc3cc4c(cc3C)C(=O)N3c5ccccc5C[C@H]3CC4)cc(NC(=O)CCC(=O)CNC(=O)CCC(=O)CCC(C)(C)S(C)=S)c1)CC[C@@H]1Cc3ccccc3N1C2=O. The summed E-state index contributed by atoms with van der Waals surface area (Å²) in [5.74, 6) is 0.0583. The van der Waals surface area contributed by atoms with Crippen molar-refractivity contribution < 1.29 is 86.0 Å². The Bertz CT molecular complexity index is 7090. The van der Waals surface area contributed by atoms with Gasteiger partial charge in [-0.1, -0.05) is 123 Å². The van der Waals surface area contributed by atoms with Gasteiger partial charge in [0.25, 0.3) is 23.6 Å². The zero-order chi connectivity index (χ0) is 105. The van der Waals surface area contributed by atoms with Gasteiger partial charge in [-0.05, 0) is 242 Å². The number of carbonyl (C=O) groups is 12. The van der Waals surface area contributed by atoms with Crippen LogP contribution in [-0.4, -0.2) is 156 Å². The number of amides is 8. The van der Waals surface area contributed by atoms with Crippen molar-refractivity contribution in [3.63, 3.8) is 0 Å². The Morgan fingerprint density at radius 3 is 1.10 bits per heavy atom. The van der Waals surface area contributed by atoms with Gasteiger partial charge in [0.15, 0.2) is 34.6 Å². The van der Waals surface area contributed by atoms with Crippen LogP contribution in [0.5, 0.6) is 34.5 Å². The molecule has 0 saturated heterocycles. The summed E-state index contributed by atoms with van der Waals surface area (Å²) < 4.78 is 37.1. The molecule has 8 amide bonds. The van der Waals surface area contributed by atoms with E-state index in [1.54, 1.807) is 71.7 Å². The van der Waals surface area contributed by atoms with Crippen molar-refractivity contribution in [1.29, 1.82) is 0 Å². The number of Topliss-reactive ketones (excluding diaryl/α,β-unsaturated/α-hetero) is 4. The van der Waals surface area contributed by atoms with E-state index in [4.69, 9.17) is 60.8 Å². The van der Waals surface area contributed by atoms with Crippen molar-refractivity contribution in [3.05, 3.63) is 271 Å². The predicted octanol–water partition coefficient (Wildman–Crippen LogP) is 18.0. The first-order valence-corrected chi connectivity index (χ1v) is 55.3. The predicted molar refractivity (Wildman–Crippen MR) is 583 cm³/mol. The molecule has 0 aromatic heterocycles. The molecule has 148 heavy (non-hydrogen) atoms. The van der Waals surface area contributed by atoms with Crippen molar-refractivity contribution in [1.82, 2.24) is 10.6 Å². The van der Waals surface area contributed by atoms with Gasteiger partial charge in [0.05, 0.1) is 61.9 Å². The Kier molecular flexibility index (Phi) is 32.8. The van der Waals surface area contributed by atoms with Gasteiger partial charge in [0.1, 0.15) is 49.5 Å². The maximum Gasteiger partial charge on any atom is 0.261 e. The zero-order valence-corrected chi connectivity index (χ0v) is 88.1. The maximum absolute atomic E-state index is 14.1. The molecule has 0 saturated carbocycles. The molecule has 8 aliphatic rings. The Morgan fingerprint density at radius 1 is 0.365 bits per heavy atom. The average Bonchev–Trinajstić information content (AvgIpc) is 1.47. The van der Waals surface area contributed by atoms with E-state index in [9.17, 15) is 57.5 Å². The molecule has 0 fully saturated rings. The molecule has 4 N–H and O–H groups in total. The summed E-state index contributed by atoms with van der Waals surface area (Å²) in [6.45, 7) is 11.8. The van der Waals surface area contributed by atoms with Crippen molar-refractivity contribution >= 4 is 170 Å². The summed E-state index contributed by atoms with van der Waals surface area (Å²) in [6.07, 6.45) is 15.2. The number of hydrogen-bond acceptors (Lipinski definition) is 22. The van der Waals surface area contributed by atoms with Gasteiger partial charge in [-0.15, -0.1) is 18.9 Å². The molecule has 0 spiro atoms. The number of fused-ring (bicyclic) bond motifs is 16. The van der Waals surface area contributed by atoms with Gasteiger partial charge in [0, 0.05) is 168 Å². The average molecular weight is 2070 g/mol. The molecule has 0 aliphatic carbocycles. The van der Waals surface area contributed by atoms with Crippen LogP contribution in [0.1, 0.15) is 226 Å². The van der Waals surface area contributed by atoms with Gasteiger partial charge in [0.2, 0.25) is 23.6 Å². The largest absolute Gasteiger partial charge is 0.493 e. The van der Waals surface area contributed by atoms with Gasteiger partial charge >= 0.3 is 0 Å². The lowest BCUT2D eigenvalue weighted by Gasteiger charge is -2.23. The molecular formula is C116H122N10O18S4. The molecule has 8 aliphatic heterocycles. The molecule has 32 heteroatoms. The summed E-state index contributed by atoms with van der Waals surface area (Å²) in [5.41, 5.74) is 18.3. The Balaban J connectivity index is 0.000000202. The molecular weight excluding hydrogens is 1950 g/mol. The fourth-order valence-corrected chi connectivity index (χ4v) is 21.3. The number of nitrogens with one attached hydrogen (secondary N) is 4. The third-order valence-electron chi connectivity index (χ3n) is 28.9. The molecule has 2 unspecified atom stereocenters. The number of para-hydroxylation sites is 4. The highest BCUT2D eigenvalue weighted by Gasteiger charge is 2.43. The molecule has 0 radical (unpaired) electrons. The van der Waals surface area contributed by atoms with Crippen LogP contribution in [0.15, 0.2) is 192 Å². The monoisotopic (exact) mass is 2070 g/mol. The van der Waals surface area contributed by atoms with Crippen LogP contribution in [-0.2, 0) is 145 Å². The summed E-state index contributed by atoms with van der Waals surface area (Å²) in [7, 11) is 2.53. The summed E-state index contributed by atoms with van der Waals surface area (Å²) in [6, 6.07) is 57.1. The Hall–Kier alpha value is -14.1. The second-order valence-electron chi connectivity index (χ2n) is 40.2. The van der Waals surface area contributed by atoms with Gasteiger partial charge in [-0.3, -0.25) is 77.3 Å². The van der Waals surface area contributed by atoms with E-state index in [0.29, 0.717) is 141 Å². The Labute approximate surface area is 875 Å². The fraction of sp³-hybridized carbons (Fsp3) is 0.362. The van der Waals surface area contributed by atoms with Crippen molar-refractivity contribution in [2.75, 3.05) is 70.1 Å². The van der Waals surface area contributed by atoms with Crippen LogP contribution < -0.4 is 69.3 Å². The number of aryl methyl sites for hydroxylation is 4. The number of anilines is 6. The second kappa shape index (κ2) is 46.1. The standard InChI is InChI=1S/C59H64N4O9S2.C57H58N6O9S2/c1-36-24-48-39(14-16-44-28-41-10-6-8-12-50(41)62(44)57(48)68)30-52(36)71-34-37-25-38(27-43(26-37)61-56(67)21-19-47(65)33-60-55(66)20-18-46(64)22-23-59(2,3)74(5)73)35-72-54-31-40-15-17-45-29-42-11-7-9-13-51(42)63(45)58(69)49(40)32-53(54)70-4;1-34-20-44-46(58-29-40-24-37-10-6-8-12-48(37)62(40)55(44)68)27-50(34)71-32-35-21-36(23-39(22-35)61-54(67)17-15-43(65)31-60-53(66)16-14-42(64)18-19-57(2,3)74(5)73)33-72-52-28-47-45(26-51(52)70-4)56(69)63-41(30-59-47)25-38-11-7-9-13-49(38)63/h6-13,24-27,30-32,44-45H,14-23,28-29,33-35H2,1-5H3,(H,60,66)(H,61,67);6-13,20-23,26-30,40-41H,14-19,24-25,31-33H2,1-5H3,(H,60,66)(H,61,67)/t44-,45-,74?;40-,41-,74?/m10/s1. The summed E-state index contributed by atoms with van der Waals surface area (Å²) in [4.78, 5) is 176. The number of methoxy groups -OCH3 is 2. The minimum atomic E-state index is -0.428. The molecule has 6 atom stereocenters. The fourth-order valence-electron chi connectivity index (χ4n) is 20.1. The van der Waals surface area contributed by atoms with E-state index in [1.165, 1.54) is 18.2 Å². The lowest BCUT2D eigenvalue weighted by Crippen LogP contribution is -2.37. The van der Waals surface area contributed by atoms with Crippen LogP contribution >= 0.6 is 0 Å². The summed E-state index contributed by atoms with van der Waals surface area (Å²) >= 11 is 10.8. The second-order valence-corrected chi connectivity index (χ2v) is 47.2. The van der Waals surface area contributed by atoms with Crippen molar-refractivity contribution in [2.24, 2.45) is 9.98 Å². The molecule has 28 nitrogen and oxygen atoms in total. The number of rotatable bonds is 40. The number of carbonyl (C=O) groups excluding carboxylic acids is 12. The molecule has 18 rings (SSSR count). The molecule has 10 aromatic rings. The molecule has 768 valence electrons. The van der Waals surface area contributed by atoms with Crippen LogP contribution in [0.25, 0.3) is 0 Å². The first kappa shape index (κ1) is 105. The first-order valence-electron chi connectivity index (χ1n) is 50.2. The highest BCUT2D eigenvalue weighted by molar-refractivity contribution is 8.29. The number of ether oxygens (including phenoxy) is 6. The minimum Gasteiger partial charge on any atom is -0.493 e. The minimum absolute atomic E-state index is 0.00301. The van der Waals surface area contributed by atoms with Crippen molar-refractivity contribution in [2.45, 2.75) is 230 Å². The van der Waals surface area contributed by atoms with Crippen LogP contribution in [0.3, 0.4) is 0 Å². The van der Waals surface area contributed by atoms with Crippen LogP contribution in [0.4, 0.5) is 45.5 Å². The van der Waals surface area contributed by atoms with Crippen LogP contribution in [0, 0.1) is 13.8 Å². The number of aliphatic imine (C=N–C) groups is 2. The third kappa shape index (κ3) is 24.5. The number of hydrogen-bond donors (Lipinski definition) is 4. The highest BCUT2D eigenvalue weighted by atomic mass is 32.8.